The molecule has 0 aromatic rings. The number of aliphatic carboxylic acids is 1. The number of nitrogens with two attached hydrogens (primary N) is 1. The monoisotopic (exact) mass is 240 g/mol. The number of carboxylic acids is 1. The molecule has 5 nitrogen and oxygen atoms in total. The van der Waals surface area contributed by atoms with Gasteiger partial charge in [0.2, 0.25) is 5.91 Å². The predicted molar refractivity (Wildman–Crippen MR) is 64.3 cm³/mol. The lowest BCUT2D eigenvalue weighted by atomic mass is 9.80. The Kier molecular flexibility index (Phi) is 4.28. The molecule has 1 rings (SSSR count). The van der Waals surface area contributed by atoms with Crippen molar-refractivity contribution in [3.05, 3.63) is 12.7 Å². The van der Waals surface area contributed by atoms with Crippen LogP contribution < -0.4 is 5.73 Å². The van der Waals surface area contributed by atoms with E-state index in [-0.39, 0.29) is 5.91 Å². The van der Waals surface area contributed by atoms with Crippen molar-refractivity contribution in [2.75, 3.05) is 13.1 Å². The molecule has 1 saturated heterocycles. The number of carbonyl (C=O) groups excluding carboxylic acids is 1. The molecular formula is C12H20N2O3. The molecule has 1 aliphatic heterocycles. The Morgan fingerprint density at radius 3 is 2.47 bits per heavy atom. The molecule has 0 saturated carbocycles. The summed E-state index contributed by atoms with van der Waals surface area (Å²) < 4.78 is 0. The first kappa shape index (κ1) is 13.7. The van der Waals surface area contributed by atoms with Crippen LogP contribution >= 0.6 is 0 Å². The normalized spacial score (nSPS) is 20.7. The van der Waals surface area contributed by atoms with Gasteiger partial charge in [-0.2, -0.15) is 0 Å². The van der Waals surface area contributed by atoms with Crippen LogP contribution in [0.2, 0.25) is 0 Å². The Hall–Kier alpha value is -1.36. The standard InChI is InChI=1S/C12H20N2O3/c1-3-4-9(13)10(15)14-7-5-12(2,6-8-14)11(16)17/h3,9H,1,4-8,13H2,2H3,(H,16,17). The number of amides is 1. The fraction of sp³-hybridized carbons (Fsp3) is 0.667. The highest BCUT2D eigenvalue weighted by Crippen LogP contribution is 2.31. The zero-order valence-electron chi connectivity index (χ0n) is 10.2. The van der Waals surface area contributed by atoms with Gasteiger partial charge in [0.15, 0.2) is 0 Å². The van der Waals surface area contributed by atoms with Gasteiger partial charge in [-0.05, 0) is 26.2 Å². The third-order valence-corrected chi connectivity index (χ3v) is 3.43. The lowest BCUT2D eigenvalue weighted by molar-refractivity contribution is -0.153. The fourth-order valence-corrected chi connectivity index (χ4v) is 1.95. The maximum Gasteiger partial charge on any atom is 0.309 e. The van der Waals surface area contributed by atoms with Crippen molar-refractivity contribution >= 4 is 11.9 Å². The van der Waals surface area contributed by atoms with Crippen LogP contribution in [0.5, 0.6) is 0 Å². The summed E-state index contributed by atoms with van der Waals surface area (Å²) in [6.45, 7) is 6.20. The number of hydrogen-bond acceptors (Lipinski definition) is 3. The van der Waals surface area contributed by atoms with Crippen LogP contribution in [-0.2, 0) is 9.59 Å². The summed E-state index contributed by atoms with van der Waals surface area (Å²) in [5.41, 5.74) is 5.00. The number of carboxylic acid groups (broad SMARTS) is 1. The van der Waals surface area contributed by atoms with E-state index in [9.17, 15) is 9.59 Å². The maximum absolute atomic E-state index is 11.9. The molecule has 1 fully saturated rings. The van der Waals surface area contributed by atoms with Crippen LogP contribution in [0.25, 0.3) is 0 Å². The van der Waals surface area contributed by atoms with Crippen molar-refractivity contribution in [2.45, 2.75) is 32.2 Å². The molecular weight excluding hydrogens is 220 g/mol. The third kappa shape index (κ3) is 3.06. The second kappa shape index (κ2) is 5.31. The van der Waals surface area contributed by atoms with E-state index < -0.39 is 17.4 Å². The molecule has 0 radical (unpaired) electrons. The second-order valence-electron chi connectivity index (χ2n) is 4.82. The van der Waals surface area contributed by atoms with Crippen LogP contribution in [0.15, 0.2) is 12.7 Å². The smallest absolute Gasteiger partial charge is 0.309 e. The second-order valence-corrected chi connectivity index (χ2v) is 4.82. The summed E-state index contributed by atoms with van der Waals surface area (Å²) in [5.74, 6) is -0.905. The van der Waals surface area contributed by atoms with Crippen molar-refractivity contribution in [2.24, 2.45) is 11.1 Å². The summed E-state index contributed by atoms with van der Waals surface area (Å²) >= 11 is 0. The van der Waals surface area contributed by atoms with Gasteiger partial charge in [-0.25, -0.2) is 0 Å². The number of carbonyl (C=O) groups is 2. The topological polar surface area (TPSA) is 83.6 Å². The van der Waals surface area contributed by atoms with Crippen molar-refractivity contribution < 1.29 is 14.7 Å². The van der Waals surface area contributed by atoms with Gasteiger partial charge >= 0.3 is 5.97 Å². The molecule has 3 N–H and O–H groups in total. The Bertz CT molecular complexity index is 320. The average Bonchev–Trinajstić information content (AvgIpc) is 2.29. The molecule has 5 heteroatoms. The van der Waals surface area contributed by atoms with Gasteiger partial charge < -0.3 is 15.7 Å². The van der Waals surface area contributed by atoms with Crippen molar-refractivity contribution in [1.29, 1.82) is 0 Å². The summed E-state index contributed by atoms with van der Waals surface area (Å²) in [6.07, 6.45) is 3.03. The van der Waals surface area contributed by atoms with Crippen molar-refractivity contribution in [3.63, 3.8) is 0 Å². The Morgan fingerprint density at radius 1 is 1.53 bits per heavy atom. The number of likely N-dealkylation sites (tertiary alicyclic amines) is 1. The van der Waals surface area contributed by atoms with Gasteiger partial charge in [-0.1, -0.05) is 6.08 Å². The quantitative estimate of drug-likeness (QED) is 0.705. The SMILES string of the molecule is C=CCC(N)C(=O)N1CCC(C)(C(=O)O)CC1. The highest BCUT2D eigenvalue weighted by atomic mass is 16.4. The Morgan fingerprint density at radius 2 is 2.06 bits per heavy atom. The Balaban J connectivity index is 2.55. The molecule has 17 heavy (non-hydrogen) atoms. The number of nitrogens with zero attached hydrogens (tertiary/aromatic N) is 1. The lowest BCUT2D eigenvalue weighted by Crippen LogP contribution is -2.50. The minimum Gasteiger partial charge on any atom is -0.481 e. The van der Waals surface area contributed by atoms with Crippen molar-refractivity contribution in [1.82, 2.24) is 4.90 Å². The largest absolute Gasteiger partial charge is 0.481 e. The van der Waals surface area contributed by atoms with Crippen LogP contribution in [0.1, 0.15) is 26.2 Å². The predicted octanol–water partition coefficient (Wildman–Crippen LogP) is 0.603. The van der Waals surface area contributed by atoms with E-state index >= 15 is 0 Å². The van der Waals surface area contributed by atoms with E-state index in [0.29, 0.717) is 32.4 Å². The van der Waals surface area contributed by atoms with Gasteiger partial charge in [0.1, 0.15) is 0 Å². The zero-order valence-corrected chi connectivity index (χ0v) is 10.2. The average molecular weight is 240 g/mol. The van der Waals surface area contributed by atoms with Crippen LogP contribution in [0.4, 0.5) is 0 Å². The molecule has 96 valence electrons. The van der Waals surface area contributed by atoms with Crippen molar-refractivity contribution in [3.8, 4) is 0 Å². The molecule has 0 aromatic heterocycles. The molecule has 1 unspecified atom stereocenters. The molecule has 0 spiro atoms. The molecule has 1 atom stereocenters. The van der Waals surface area contributed by atoms with Gasteiger partial charge in [0.05, 0.1) is 11.5 Å². The number of rotatable bonds is 4. The van der Waals surface area contributed by atoms with E-state index in [4.69, 9.17) is 10.8 Å². The van der Waals surface area contributed by atoms with Gasteiger partial charge in [-0.3, -0.25) is 9.59 Å². The Labute approximate surface area is 101 Å². The lowest BCUT2D eigenvalue weighted by Gasteiger charge is -2.37. The van der Waals surface area contributed by atoms with Gasteiger partial charge in [-0.15, -0.1) is 6.58 Å². The van der Waals surface area contributed by atoms with Gasteiger partial charge in [0, 0.05) is 13.1 Å². The molecule has 1 aliphatic rings. The zero-order chi connectivity index (χ0) is 13.1. The minimum absolute atomic E-state index is 0.114. The summed E-state index contributed by atoms with van der Waals surface area (Å²) in [6, 6.07) is -0.554. The fourth-order valence-electron chi connectivity index (χ4n) is 1.95. The first-order valence-electron chi connectivity index (χ1n) is 5.79. The molecule has 1 heterocycles. The number of piperidine rings is 1. The first-order valence-corrected chi connectivity index (χ1v) is 5.79. The maximum atomic E-state index is 11.9. The van der Waals surface area contributed by atoms with Crippen LogP contribution in [0.3, 0.4) is 0 Å². The first-order chi connectivity index (χ1) is 7.90. The third-order valence-electron chi connectivity index (χ3n) is 3.43. The highest BCUT2D eigenvalue weighted by molar-refractivity contribution is 5.82. The summed E-state index contributed by atoms with van der Waals surface area (Å²) in [5, 5.41) is 9.07. The van der Waals surface area contributed by atoms with E-state index in [0.717, 1.165) is 0 Å². The molecule has 0 aromatic carbocycles. The number of hydrogen-bond donors (Lipinski definition) is 2. The van der Waals surface area contributed by atoms with E-state index in [1.165, 1.54) is 0 Å². The van der Waals surface area contributed by atoms with Crippen LogP contribution in [0, 0.1) is 5.41 Å². The summed E-state index contributed by atoms with van der Waals surface area (Å²) in [4.78, 5) is 24.6. The highest BCUT2D eigenvalue weighted by Gasteiger charge is 2.38. The summed E-state index contributed by atoms with van der Waals surface area (Å²) in [7, 11) is 0. The van der Waals surface area contributed by atoms with Gasteiger partial charge in [0.25, 0.3) is 0 Å². The minimum atomic E-state index is -0.792. The van der Waals surface area contributed by atoms with E-state index in [1.54, 1.807) is 17.9 Å². The van der Waals surface area contributed by atoms with E-state index in [2.05, 4.69) is 6.58 Å². The van der Waals surface area contributed by atoms with E-state index in [1.807, 2.05) is 0 Å². The molecule has 1 amide bonds. The van der Waals surface area contributed by atoms with Crippen LogP contribution in [-0.4, -0.2) is 41.0 Å². The molecule has 0 aliphatic carbocycles. The molecule has 0 bridgehead atoms.